The first kappa shape index (κ1) is 13.9. The van der Waals surface area contributed by atoms with Crippen LogP contribution >= 0.6 is 0 Å². The highest BCUT2D eigenvalue weighted by Gasteiger charge is 2.51. The van der Waals surface area contributed by atoms with E-state index in [9.17, 15) is 5.11 Å². The fourth-order valence-electron chi connectivity index (χ4n) is 5.36. The lowest BCUT2D eigenvalue weighted by Crippen LogP contribution is -2.49. The zero-order chi connectivity index (χ0) is 13.3. The van der Waals surface area contributed by atoms with Crippen molar-refractivity contribution in [3.05, 3.63) is 0 Å². The van der Waals surface area contributed by atoms with Crippen LogP contribution < -0.4 is 0 Å². The molecule has 1 N–H and O–H groups in total. The Labute approximate surface area is 119 Å². The summed E-state index contributed by atoms with van der Waals surface area (Å²) in [7, 11) is 0. The van der Waals surface area contributed by atoms with Crippen LogP contribution in [0.15, 0.2) is 0 Å². The van der Waals surface area contributed by atoms with E-state index in [0.29, 0.717) is 5.41 Å². The summed E-state index contributed by atoms with van der Waals surface area (Å²) in [4.78, 5) is 0. The van der Waals surface area contributed by atoms with Crippen molar-refractivity contribution in [1.29, 1.82) is 0 Å². The quantitative estimate of drug-likeness (QED) is 0.751. The summed E-state index contributed by atoms with van der Waals surface area (Å²) in [6.45, 7) is 2.32. The molecule has 2 bridgehead atoms. The van der Waals surface area contributed by atoms with Crippen LogP contribution in [-0.2, 0) is 0 Å². The maximum Gasteiger partial charge on any atom is 0.0648 e. The molecule has 0 aromatic carbocycles. The Morgan fingerprint density at radius 1 is 0.895 bits per heavy atom. The van der Waals surface area contributed by atoms with Gasteiger partial charge in [0.2, 0.25) is 0 Å². The van der Waals surface area contributed by atoms with E-state index in [-0.39, 0.29) is 5.60 Å². The first-order chi connectivity index (χ1) is 9.16. The molecule has 0 aromatic heterocycles. The van der Waals surface area contributed by atoms with Crippen LogP contribution in [0.25, 0.3) is 0 Å². The van der Waals surface area contributed by atoms with Crippen molar-refractivity contribution in [2.75, 3.05) is 0 Å². The van der Waals surface area contributed by atoms with E-state index >= 15 is 0 Å². The highest BCUT2D eigenvalue weighted by molar-refractivity contribution is 5.03. The molecule has 4 saturated carbocycles. The zero-order valence-electron chi connectivity index (χ0n) is 12.8. The Kier molecular flexibility index (Phi) is 3.95. The van der Waals surface area contributed by atoms with Gasteiger partial charge in [0.05, 0.1) is 5.60 Å². The SMILES string of the molecule is CCCCC1CCC(C23CCC(O)(CC2)CC3)CC1. The Balaban J connectivity index is 1.54. The number of aliphatic hydroxyl groups is 1. The lowest BCUT2D eigenvalue weighted by atomic mass is 9.51. The maximum atomic E-state index is 10.4. The molecule has 4 fully saturated rings. The van der Waals surface area contributed by atoms with E-state index in [1.54, 1.807) is 0 Å². The lowest BCUT2D eigenvalue weighted by molar-refractivity contribution is -0.118. The first-order valence-corrected chi connectivity index (χ1v) is 8.88. The molecule has 0 aliphatic heterocycles. The van der Waals surface area contributed by atoms with Gasteiger partial charge in [0, 0.05) is 0 Å². The van der Waals surface area contributed by atoms with Gasteiger partial charge in [-0.1, -0.05) is 39.0 Å². The Morgan fingerprint density at radius 3 is 2.00 bits per heavy atom. The third-order valence-corrected chi connectivity index (χ3v) is 6.94. The van der Waals surface area contributed by atoms with Gasteiger partial charge in [0.15, 0.2) is 0 Å². The van der Waals surface area contributed by atoms with Gasteiger partial charge >= 0.3 is 0 Å². The van der Waals surface area contributed by atoms with Crippen LogP contribution in [0.4, 0.5) is 0 Å². The minimum absolute atomic E-state index is 0.250. The Bertz CT molecular complexity index is 276. The fourth-order valence-corrected chi connectivity index (χ4v) is 5.36. The predicted molar refractivity (Wildman–Crippen MR) is 80.1 cm³/mol. The van der Waals surface area contributed by atoms with Crippen LogP contribution in [0, 0.1) is 17.3 Å². The van der Waals surface area contributed by atoms with Crippen LogP contribution in [0.3, 0.4) is 0 Å². The van der Waals surface area contributed by atoms with E-state index in [1.807, 2.05) is 0 Å². The van der Waals surface area contributed by atoms with Gasteiger partial charge in [-0.05, 0) is 68.6 Å². The number of unbranched alkanes of at least 4 members (excludes halogenated alkanes) is 1. The van der Waals surface area contributed by atoms with Gasteiger partial charge in [-0.15, -0.1) is 0 Å². The van der Waals surface area contributed by atoms with E-state index in [2.05, 4.69) is 6.92 Å². The van der Waals surface area contributed by atoms with E-state index in [1.165, 1.54) is 64.2 Å². The van der Waals surface area contributed by atoms with Gasteiger partial charge < -0.3 is 5.11 Å². The summed E-state index contributed by atoms with van der Waals surface area (Å²) in [6.07, 6.45) is 17.5. The topological polar surface area (TPSA) is 20.2 Å². The normalized spacial score (nSPS) is 46.4. The molecule has 0 aromatic rings. The zero-order valence-corrected chi connectivity index (χ0v) is 12.8. The van der Waals surface area contributed by atoms with Crippen molar-refractivity contribution in [2.24, 2.45) is 17.3 Å². The molecule has 110 valence electrons. The monoisotopic (exact) mass is 264 g/mol. The van der Waals surface area contributed by atoms with Crippen molar-refractivity contribution in [3.63, 3.8) is 0 Å². The van der Waals surface area contributed by atoms with Crippen LogP contribution in [-0.4, -0.2) is 10.7 Å². The fraction of sp³-hybridized carbons (Fsp3) is 1.00. The number of hydrogen-bond donors (Lipinski definition) is 1. The van der Waals surface area contributed by atoms with Crippen molar-refractivity contribution in [3.8, 4) is 0 Å². The molecule has 1 heteroatoms. The lowest BCUT2D eigenvalue weighted by Gasteiger charge is -2.55. The molecule has 4 aliphatic rings. The van der Waals surface area contributed by atoms with Gasteiger partial charge in [0.1, 0.15) is 0 Å². The summed E-state index contributed by atoms with van der Waals surface area (Å²) in [5.41, 5.74) is 0.403. The predicted octanol–water partition coefficient (Wildman–Crippen LogP) is 5.07. The van der Waals surface area contributed by atoms with E-state index in [4.69, 9.17) is 0 Å². The van der Waals surface area contributed by atoms with Gasteiger partial charge in [-0.3, -0.25) is 0 Å². The molecule has 0 saturated heterocycles. The second kappa shape index (κ2) is 5.39. The summed E-state index contributed by atoms with van der Waals surface area (Å²) >= 11 is 0. The molecule has 0 unspecified atom stereocenters. The largest absolute Gasteiger partial charge is 0.390 e. The van der Waals surface area contributed by atoms with E-state index < -0.39 is 0 Å². The number of rotatable bonds is 4. The second-order valence-electron chi connectivity index (χ2n) is 7.95. The average Bonchev–Trinajstić information content (AvgIpc) is 2.47. The second-order valence-corrected chi connectivity index (χ2v) is 7.95. The Hall–Kier alpha value is -0.0400. The van der Waals surface area contributed by atoms with Crippen molar-refractivity contribution < 1.29 is 5.11 Å². The molecule has 4 aliphatic carbocycles. The van der Waals surface area contributed by atoms with Crippen LogP contribution in [0.2, 0.25) is 0 Å². The number of hydrogen-bond acceptors (Lipinski definition) is 1. The third-order valence-electron chi connectivity index (χ3n) is 6.94. The standard InChI is InChI=1S/C18H32O/c1-2-3-4-15-5-7-16(8-6-15)17-9-12-18(19,13-10-17)14-11-17/h15-16,19H,2-14H2,1H3. The van der Waals surface area contributed by atoms with Gasteiger partial charge in [-0.25, -0.2) is 0 Å². The summed E-state index contributed by atoms with van der Waals surface area (Å²) in [5, 5.41) is 10.4. The highest BCUT2D eigenvalue weighted by atomic mass is 16.3. The van der Waals surface area contributed by atoms with Gasteiger partial charge in [0.25, 0.3) is 0 Å². The van der Waals surface area contributed by atoms with Crippen LogP contribution in [0.5, 0.6) is 0 Å². The minimum atomic E-state index is -0.250. The minimum Gasteiger partial charge on any atom is -0.390 e. The smallest absolute Gasteiger partial charge is 0.0648 e. The average molecular weight is 264 g/mol. The number of fused-ring (bicyclic) bond motifs is 3. The van der Waals surface area contributed by atoms with Crippen LogP contribution in [0.1, 0.15) is 90.4 Å². The molecule has 0 spiro atoms. The van der Waals surface area contributed by atoms with E-state index in [0.717, 1.165) is 31.1 Å². The molecular weight excluding hydrogens is 232 g/mol. The molecule has 0 heterocycles. The molecule has 1 nitrogen and oxygen atoms in total. The Morgan fingerprint density at radius 2 is 1.47 bits per heavy atom. The third kappa shape index (κ3) is 2.73. The van der Waals surface area contributed by atoms with Crippen molar-refractivity contribution >= 4 is 0 Å². The molecule has 0 amide bonds. The molecule has 4 rings (SSSR count). The first-order valence-electron chi connectivity index (χ1n) is 8.88. The van der Waals surface area contributed by atoms with Gasteiger partial charge in [-0.2, -0.15) is 0 Å². The summed E-state index contributed by atoms with van der Waals surface area (Å²) in [5.74, 6) is 2.03. The summed E-state index contributed by atoms with van der Waals surface area (Å²) < 4.78 is 0. The molecule has 0 radical (unpaired) electrons. The maximum absolute atomic E-state index is 10.4. The molecule has 19 heavy (non-hydrogen) atoms. The van der Waals surface area contributed by atoms with Crippen molar-refractivity contribution in [1.82, 2.24) is 0 Å². The summed E-state index contributed by atoms with van der Waals surface area (Å²) in [6, 6.07) is 0. The van der Waals surface area contributed by atoms with Crippen molar-refractivity contribution in [2.45, 2.75) is 96.0 Å². The highest BCUT2D eigenvalue weighted by Crippen LogP contribution is 2.59. The molecule has 0 atom stereocenters. The molecular formula is C18H32O.